The van der Waals surface area contributed by atoms with Crippen molar-refractivity contribution in [3.8, 4) is 5.75 Å². The Labute approximate surface area is 137 Å². The highest BCUT2D eigenvalue weighted by Gasteiger charge is 1.98. The van der Waals surface area contributed by atoms with Gasteiger partial charge in [-0.2, -0.15) is 0 Å². The number of carbonyl (C=O) groups is 1. The highest BCUT2D eigenvalue weighted by Crippen LogP contribution is 2.20. The summed E-state index contributed by atoms with van der Waals surface area (Å²) in [6.45, 7) is 4.59. The van der Waals surface area contributed by atoms with E-state index in [2.05, 4.69) is 30.8 Å². The molecule has 3 nitrogen and oxygen atoms in total. The third-order valence-electron chi connectivity index (χ3n) is 3.69. The van der Waals surface area contributed by atoms with Crippen LogP contribution in [0.4, 0.5) is 0 Å². The lowest BCUT2D eigenvalue weighted by Gasteiger charge is -2.07. The molecule has 3 heteroatoms. The van der Waals surface area contributed by atoms with Crippen LogP contribution in [0.25, 0.3) is 10.8 Å². The van der Waals surface area contributed by atoms with Gasteiger partial charge in [-0.05, 0) is 35.7 Å². The summed E-state index contributed by atoms with van der Waals surface area (Å²) in [6, 6.07) is 14.5. The number of carbonyl (C=O) groups excluding carboxylic acids is 1. The second kappa shape index (κ2) is 9.67. The average molecular weight is 312 g/mol. The summed E-state index contributed by atoms with van der Waals surface area (Å²) in [5, 5.41) is 2.44. The van der Waals surface area contributed by atoms with Gasteiger partial charge in [-0.15, -0.1) is 0 Å². The number of esters is 1. The summed E-state index contributed by atoms with van der Waals surface area (Å²) in [5.41, 5.74) is 0. The molecule has 0 heterocycles. The van der Waals surface area contributed by atoms with E-state index in [1.165, 1.54) is 16.8 Å². The summed E-state index contributed by atoms with van der Waals surface area (Å²) in [6.07, 6.45) is 6.48. The second-order valence-corrected chi connectivity index (χ2v) is 5.50. The fraction of sp³-hybridized carbons (Fsp3) is 0.350. The molecule has 0 saturated heterocycles. The Morgan fingerprint density at radius 3 is 2.39 bits per heavy atom. The molecular weight excluding hydrogens is 288 g/mol. The number of rotatable bonds is 10. The van der Waals surface area contributed by atoms with Gasteiger partial charge in [0.25, 0.3) is 0 Å². The first kappa shape index (κ1) is 17.1. The van der Waals surface area contributed by atoms with Crippen LogP contribution < -0.4 is 4.74 Å². The Morgan fingerprint density at radius 2 is 1.61 bits per heavy atom. The number of hydrogen-bond donors (Lipinski definition) is 0. The molecule has 2 aromatic rings. The Hall–Kier alpha value is -2.29. The fourth-order valence-electron chi connectivity index (χ4n) is 2.41. The first-order valence-corrected chi connectivity index (χ1v) is 8.20. The smallest absolute Gasteiger partial charge is 0.330 e. The molecule has 0 aliphatic heterocycles. The van der Waals surface area contributed by atoms with Crippen molar-refractivity contribution < 1.29 is 14.3 Å². The largest absolute Gasteiger partial charge is 0.494 e. The number of benzene rings is 2. The predicted molar refractivity (Wildman–Crippen MR) is 93.7 cm³/mol. The Morgan fingerprint density at radius 1 is 0.913 bits per heavy atom. The number of hydrogen-bond acceptors (Lipinski definition) is 3. The van der Waals surface area contributed by atoms with Gasteiger partial charge < -0.3 is 9.47 Å². The highest BCUT2D eigenvalue weighted by molar-refractivity contribution is 5.83. The molecular formula is C20H24O3. The van der Waals surface area contributed by atoms with E-state index >= 15 is 0 Å². The molecule has 2 rings (SSSR count). The molecule has 0 amide bonds. The number of fused-ring (bicyclic) bond motifs is 1. The normalized spacial score (nSPS) is 10.4. The van der Waals surface area contributed by atoms with Crippen LogP contribution in [-0.4, -0.2) is 19.2 Å². The molecule has 0 aliphatic rings. The number of ether oxygens (including phenoxy) is 2. The van der Waals surface area contributed by atoms with Crippen molar-refractivity contribution >= 4 is 16.7 Å². The molecule has 2 aromatic carbocycles. The quantitative estimate of drug-likeness (QED) is 0.356. The summed E-state index contributed by atoms with van der Waals surface area (Å²) in [4.78, 5) is 10.8. The van der Waals surface area contributed by atoms with Gasteiger partial charge in [0.05, 0.1) is 13.2 Å². The second-order valence-electron chi connectivity index (χ2n) is 5.50. The van der Waals surface area contributed by atoms with Gasteiger partial charge in [0.2, 0.25) is 0 Å². The van der Waals surface area contributed by atoms with Crippen molar-refractivity contribution in [3.05, 3.63) is 55.1 Å². The maximum atomic E-state index is 10.8. The molecule has 0 spiro atoms. The maximum Gasteiger partial charge on any atom is 0.330 e. The van der Waals surface area contributed by atoms with Gasteiger partial charge in [-0.1, -0.05) is 56.2 Å². The van der Waals surface area contributed by atoms with Crippen molar-refractivity contribution in [3.63, 3.8) is 0 Å². The van der Waals surface area contributed by atoms with E-state index in [0.717, 1.165) is 44.5 Å². The molecule has 0 aliphatic carbocycles. The lowest BCUT2D eigenvalue weighted by atomic mass is 10.1. The van der Waals surface area contributed by atoms with Crippen LogP contribution in [0.1, 0.15) is 32.1 Å². The van der Waals surface area contributed by atoms with Gasteiger partial charge in [0, 0.05) is 6.08 Å². The molecule has 0 saturated carbocycles. The summed E-state index contributed by atoms with van der Waals surface area (Å²) < 4.78 is 10.7. The topological polar surface area (TPSA) is 35.5 Å². The zero-order chi connectivity index (χ0) is 16.3. The van der Waals surface area contributed by atoms with Crippen LogP contribution in [0.3, 0.4) is 0 Å². The summed E-state index contributed by atoms with van der Waals surface area (Å²) >= 11 is 0. The van der Waals surface area contributed by atoms with Gasteiger partial charge in [-0.3, -0.25) is 0 Å². The molecule has 0 fully saturated rings. The molecule has 0 bridgehead atoms. The van der Waals surface area contributed by atoms with E-state index in [9.17, 15) is 4.79 Å². The molecule has 122 valence electrons. The Kier molecular flexibility index (Phi) is 7.18. The maximum absolute atomic E-state index is 10.8. The van der Waals surface area contributed by atoms with E-state index in [0.29, 0.717) is 6.61 Å². The van der Waals surface area contributed by atoms with Crippen molar-refractivity contribution in [2.45, 2.75) is 32.1 Å². The van der Waals surface area contributed by atoms with Gasteiger partial charge in [-0.25, -0.2) is 4.79 Å². The van der Waals surface area contributed by atoms with E-state index in [1.54, 1.807) is 0 Å². The highest BCUT2D eigenvalue weighted by atomic mass is 16.5. The lowest BCUT2D eigenvalue weighted by molar-refractivity contribution is -0.137. The zero-order valence-corrected chi connectivity index (χ0v) is 13.5. The molecule has 0 unspecified atom stereocenters. The van der Waals surface area contributed by atoms with Crippen LogP contribution in [0.2, 0.25) is 0 Å². The molecule has 0 atom stereocenters. The monoisotopic (exact) mass is 312 g/mol. The molecule has 23 heavy (non-hydrogen) atoms. The van der Waals surface area contributed by atoms with E-state index < -0.39 is 0 Å². The Balaban J connectivity index is 1.55. The predicted octanol–water partition coefficient (Wildman–Crippen LogP) is 4.90. The van der Waals surface area contributed by atoms with Gasteiger partial charge in [0.1, 0.15) is 5.75 Å². The fourth-order valence-corrected chi connectivity index (χ4v) is 2.41. The third-order valence-corrected chi connectivity index (χ3v) is 3.69. The Bertz CT molecular complexity index is 634. The SMILES string of the molecule is C=CC(=O)OCCCCCCCOc1ccc2ccccc2c1. The summed E-state index contributed by atoms with van der Waals surface area (Å²) in [5.74, 6) is 0.592. The standard InChI is InChI=1S/C20H24O3/c1-2-20(21)23-15-9-5-3-4-8-14-22-19-13-12-17-10-6-7-11-18(17)16-19/h2,6-7,10-13,16H,1,3-5,8-9,14-15H2. The van der Waals surface area contributed by atoms with Crippen molar-refractivity contribution in [2.75, 3.05) is 13.2 Å². The number of unbranched alkanes of at least 4 members (excludes halogenated alkanes) is 4. The first-order valence-electron chi connectivity index (χ1n) is 8.20. The van der Waals surface area contributed by atoms with Crippen LogP contribution in [-0.2, 0) is 9.53 Å². The molecule has 0 N–H and O–H groups in total. The van der Waals surface area contributed by atoms with E-state index in [4.69, 9.17) is 9.47 Å². The minimum Gasteiger partial charge on any atom is -0.494 e. The van der Waals surface area contributed by atoms with E-state index in [-0.39, 0.29) is 5.97 Å². The van der Waals surface area contributed by atoms with Crippen molar-refractivity contribution in [2.24, 2.45) is 0 Å². The molecule has 0 radical (unpaired) electrons. The average Bonchev–Trinajstić information content (AvgIpc) is 2.59. The zero-order valence-electron chi connectivity index (χ0n) is 13.5. The minimum atomic E-state index is -0.339. The van der Waals surface area contributed by atoms with E-state index in [1.807, 2.05) is 18.2 Å². The van der Waals surface area contributed by atoms with Crippen LogP contribution in [0, 0.1) is 0 Å². The van der Waals surface area contributed by atoms with Gasteiger partial charge in [0.15, 0.2) is 0 Å². The third kappa shape index (κ3) is 6.15. The van der Waals surface area contributed by atoms with Gasteiger partial charge >= 0.3 is 5.97 Å². The first-order chi connectivity index (χ1) is 11.3. The minimum absolute atomic E-state index is 0.339. The summed E-state index contributed by atoms with van der Waals surface area (Å²) in [7, 11) is 0. The van der Waals surface area contributed by atoms with Crippen LogP contribution in [0.15, 0.2) is 55.1 Å². The van der Waals surface area contributed by atoms with Crippen LogP contribution >= 0.6 is 0 Å². The van der Waals surface area contributed by atoms with Crippen molar-refractivity contribution in [1.29, 1.82) is 0 Å². The molecule has 0 aromatic heterocycles. The van der Waals surface area contributed by atoms with Crippen LogP contribution in [0.5, 0.6) is 5.75 Å². The van der Waals surface area contributed by atoms with Crippen molar-refractivity contribution in [1.82, 2.24) is 0 Å². The lowest BCUT2D eigenvalue weighted by Crippen LogP contribution is -2.01.